The second-order valence-corrected chi connectivity index (χ2v) is 9.66. The Morgan fingerprint density at radius 3 is 2.00 bits per heavy atom. The maximum absolute atomic E-state index is 8.92. The van der Waals surface area contributed by atoms with Crippen molar-refractivity contribution in [1.29, 1.82) is 0 Å². The molecule has 2 heterocycles. The van der Waals surface area contributed by atoms with Crippen molar-refractivity contribution in [1.82, 2.24) is 9.80 Å². The summed E-state index contributed by atoms with van der Waals surface area (Å²) in [6.07, 6.45) is 1.02. The minimum atomic E-state index is 0.285. The monoisotopic (exact) mass is 399 g/mol. The van der Waals surface area contributed by atoms with Crippen molar-refractivity contribution >= 4 is 0 Å². The Hall–Kier alpha value is -2.16. The van der Waals surface area contributed by atoms with E-state index in [1.165, 1.54) is 39.0 Å². The summed E-state index contributed by atoms with van der Waals surface area (Å²) >= 11 is 0. The summed E-state index contributed by atoms with van der Waals surface area (Å²) in [7, 11) is 0. The smallest absolute Gasteiger partial charge is 0.0593 e. The highest BCUT2D eigenvalue weighted by molar-refractivity contribution is 5.58. The minimum Gasteiger partial charge on any atom is -0.293 e. The fraction of sp³-hybridized carbons (Fsp3) is 0.429. The van der Waals surface area contributed by atoms with Crippen LogP contribution in [0.1, 0.15) is 57.2 Å². The van der Waals surface area contributed by atoms with E-state index < -0.39 is 0 Å². The number of fused-ring (bicyclic) bond motifs is 3. The molecule has 0 fully saturated rings. The Morgan fingerprint density at radius 2 is 1.40 bits per heavy atom. The molecule has 30 heavy (non-hydrogen) atoms. The molecule has 0 bridgehead atoms. The van der Waals surface area contributed by atoms with E-state index in [-0.39, 0.29) is 5.92 Å². The van der Waals surface area contributed by atoms with Crippen molar-refractivity contribution in [2.45, 2.75) is 52.1 Å². The molecule has 0 radical (unpaired) electrons. The van der Waals surface area contributed by atoms with Gasteiger partial charge in [-0.1, -0.05) is 54.6 Å². The van der Waals surface area contributed by atoms with Crippen molar-refractivity contribution in [2.24, 2.45) is 0 Å². The number of benzene rings is 2. The van der Waals surface area contributed by atoms with Gasteiger partial charge in [-0.15, -0.1) is 0 Å². The molecule has 2 heteroatoms. The molecule has 2 aromatic carbocycles. The molecule has 0 aromatic heterocycles. The molecular formula is C28H34N2. The molecule has 0 unspecified atom stereocenters. The summed E-state index contributed by atoms with van der Waals surface area (Å²) in [5.74, 6) is 0.285. The minimum absolute atomic E-state index is 0.285. The Bertz CT molecular complexity index is 1020. The molecule has 156 valence electrons. The highest BCUT2D eigenvalue weighted by Crippen LogP contribution is 2.45. The lowest BCUT2D eigenvalue weighted by atomic mass is 9.71. The van der Waals surface area contributed by atoms with E-state index in [0.717, 1.165) is 38.7 Å². The van der Waals surface area contributed by atoms with Gasteiger partial charge in [-0.3, -0.25) is 9.80 Å². The van der Waals surface area contributed by atoms with E-state index in [4.69, 9.17) is 1.37 Å². The maximum atomic E-state index is 8.92. The van der Waals surface area contributed by atoms with Gasteiger partial charge in [0, 0.05) is 44.2 Å². The van der Waals surface area contributed by atoms with Gasteiger partial charge in [0.05, 0.1) is 1.37 Å². The average molecular weight is 400 g/mol. The Morgan fingerprint density at radius 1 is 0.800 bits per heavy atom. The van der Waals surface area contributed by atoms with Crippen LogP contribution in [-0.2, 0) is 6.42 Å². The quantitative estimate of drug-likeness (QED) is 0.682. The van der Waals surface area contributed by atoms with Gasteiger partial charge in [-0.05, 0) is 73.1 Å². The van der Waals surface area contributed by atoms with E-state index in [1.54, 1.807) is 0 Å². The van der Waals surface area contributed by atoms with Gasteiger partial charge in [-0.2, -0.15) is 0 Å². The first-order chi connectivity index (χ1) is 14.9. The summed E-state index contributed by atoms with van der Waals surface area (Å²) in [5.41, 5.74) is 10.1. The third-order valence-corrected chi connectivity index (χ3v) is 7.27. The predicted molar refractivity (Wildman–Crippen MR) is 126 cm³/mol. The molecule has 3 aliphatic rings. The fourth-order valence-electron chi connectivity index (χ4n) is 5.38. The lowest BCUT2D eigenvalue weighted by Crippen LogP contribution is -2.45. The zero-order valence-electron chi connectivity index (χ0n) is 19.8. The second kappa shape index (κ2) is 7.83. The van der Waals surface area contributed by atoms with Gasteiger partial charge in [-0.25, -0.2) is 0 Å². The number of hydrogen-bond acceptors (Lipinski definition) is 2. The molecule has 0 saturated heterocycles. The summed E-state index contributed by atoms with van der Waals surface area (Å²) < 4.78 is 8.92. The Balaban J connectivity index is 1.74. The highest BCUT2D eigenvalue weighted by atomic mass is 15.2. The maximum Gasteiger partial charge on any atom is 0.0593 e. The first-order valence-corrected chi connectivity index (χ1v) is 11.5. The summed E-state index contributed by atoms with van der Waals surface area (Å²) in [5, 5.41) is 0. The molecule has 1 aliphatic carbocycles. The topological polar surface area (TPSA) is 6.48 Å². The normalized spacial score (nSPS) is 21.1. The van der Waals surface area contributed by atoms with Crippen molar-refractivity contribution in [3.8, 4) is 0 Å². The van der Waals surface area contributed by atoms with Gasteiger partial charge < -0.3 is 0 Å². The van der Waals surface area contributed by atoms with Gasteiger partial charge in [0.15, 0.2) is 0 Å². The highest BCUT2D eigenvalue weighted by Gasteiger charge is 2.36. The molecule has 2 nitrogen and oxygen atoms in total. The molecule has 2 aliphatic heterocycles. The van der Waals surface area contributed by atoms with Crippen LogP contribution < -0.4 is 0 Å². The van der Waals surface area contributed by atoms with E-state index in [0.29, 0.717) is 12.1 Å². The van der Waals surface area contributed by atoms with Gasteiger partial charge in [0.2, 0.25) is 0 Å². The molecule has 0 N–H and O–H groups in total. The third-order valence-electron chi connectivity index (χ3n) is 7.27. The molecule has 2 aromatic rings. The van der Waals surface area contributed by atoms with Gasteiger partial charge in [0.1, 0.15) is 0 Å². The van der Waals surface area contributed by atoms with Gasteiger partial charge >= 0.3 is 0 Å². The third kappa shape index (κ3) is 3.36. The van der Waals surface area contributed by atoms with Crippen molar-refractivity contribution in [3.63, 3.8) is 0 Å². The SMILES string of the molecule is [2H]C1=C2CN(C(C)C)CC(C3c4ccccc4Cc4ccccc43)=C2CN(C(C)C)C1. The fourth-order valence-corrected chi connectivity index (χ4v) is 5.38. The van der Waals surface area contributed by atoms with Crippen molar-refractivity contribution in [3.05, 3.63) is 93.6 Å². The lowest BCUT2D eigenvalue weighted by Gasteiger charge is -2.43. The van der Waals surface area contributed by atoms with Gasteiger partial charge in [0.25, 0.3) is 0 Å². The zero-order chi connectivity index (χ0) is 21.7. The van der Waals surface area contributed by atoms with Crippen LogP contribution in [0.3, 0.4) is 0 Å². The molecule has 0 amide bonds. The molecule has 5 rings (SSSR count). The van der Waals surface area contributed by atoms with E-state index >= 15 is 0 Å². The summed E-state index contributed by atoms with van der Waals surface area (Å²) in [6, 6.07) is 19.8. The van der Waals surface area contributed by atoms with Crippen LogP contribution in [0.15, 0.2) is 71.3 Å². The summed E-state index contributed by atoms with van der Waals surface area (Å²) in [4.78, 5) is 5.03. The van der Waals surface area contributed by atoms with Crippen LogP contribution in [0, 0.1) is 0 Å². The number of rotatable bonds is 3. The molecule has 0 saturated carbocycles. The van der Waals surface area contributed by atoms with E-state index in [1.807, 2.05) is 0 Å². The Kier molecular flexibility index (Phi) is 4.85. The first kappa shape index (κ1) is 18.6. The Labute approximate surface area is 183 Å². The van der Waals surface area contributed by atoms with E-state index in [9.17, 15) is 0 Å². The van der Waals surface area contributed by atoms with Crippen LogP contribution in [0.25, 0.3) is 0 Å². The zero-order valence-corrected chi connectivity index (χ0v) is 18.8. The van der Waals surface area contributed by atoms with E-state index in [2.05, 4.69) is 86.0 Å². The van der Waals surface area contributed by atoms with Crippen LogP contribution in [0.5, 0.6) is 0 Å². The van der Waals surface area contributed by atoms with Crippen LogP contribution in [0.2, 0.25) is 0 Å². The average Bonchev–Trinajstić information content (AvgIpc) is 2.76. The number of hydrogen-bond donors (Lipinski definition) is 0. The largest absolute Gasteiger partial charge is 0.293 e. The molecule has 0 spiro atoms. The van der Waals surface area contributed by atoms with Crippen LogP contribution in [0.4, 0.5) is 0 Å². The predicted octanol–water partition coefficient (Wildman–Crippen LogP) is 5.39. The summed E-state index contributed by atoms with van der Waals surface area (Å²) in [6.45, 7) is 12.7. The van der Waals surface area contributed by atoms with Crippen LogP contribution >= 0.6 is 0 Å². The lowest BCUT2D eigenvalue weighted by molar-refractivity contribution is 0.224. The first-order valence-electron chi connectivity index (χ1n) is 12.0. The second-order valence-electron chi connectivity index (χ2n) is 9.66. The van der Waals surface area contributed by atoms with Crippen LogP contribution in [-0.4, -0.2) is 48.1 Å². The molecule has 0 atom stereocenters. The van der Waals surface area contributed by atoms with Crippen molar-refractivity contribution in [2.75, 3.05) is 26.2 Å². The standard InChI is InChI=1S/C28H34N2/c1-19(2)29-14-13-23-16-30(20(3)4)18-27(26(23)17-29)28-24-11-7-5-9-21(24)15-22-10-6-8-12-25(22)28/h5-13,19-20,28H,14-18H2,1-4H3/i13D. The molecular weight excluding hydrogens is 364 g/mol. The number of nitrogens with zero attached hydrogens (tertiary/aromatic N) is 2. The van der Waals surface area contributed by atoms with Crippen molar-refractivity contribution < 1.29 is 1.37 Å².